The Morgan fingerprint density at radius 1 is 1.33 bits per heavy atom. The van der Waals surface area contributed by atoms with E-state index >= 15 is 0 Å². The van der Waals surface area contributed by atoms with Gasteiger partial charge in [-0.15, -0.1) is 11.3 Å². The summed E-state index contributed by atoms with van der Waals surface area (Å²) in [4.78, 5) is 20.9. The van der Waals surface area contributed by atoms with Gasteiger partial charge in [-0.25, -0.2) is 9.78 Å². The van der Waals surface area contributed by atoms with Crippen molar-refractivity contribution in [3.05, 3.63) is 40.3 Å². The molecule has 7 heteroatoms. The van der Waals surface area contributed by atoms with Gasteiger partial charge in [-0.05, 0) is 30.7 Å². The normalized spacial score (nSPS) is 15.3. The van der Waals surface area contributed by atoms with Crippen molar-refractivity contribution in [1.29, 1.82) is 0 Å². The number of benzene rings is 1. The maximum atomic E-state index is 12.4. The molecule has 3 rings (SSSR count). The Labute approximate surface area is 146 Å². The molecule has 1 saturated heterocycles. The van der Waals surface area contributed by atoms with Crippen molar-refractivity contribution < 1.29 is 9.53 Å². The number of ether oxygens (including phenoxy) is 1. The summed E-state index contributed by atoms with van der Waals surface area (Å²) in [6.45, 7) is 6.01. The number of aromatic nitrogens is 1. The van der Waals surface area contributed by atoms with Crippen LogP contribution in [-0.2, 0) is 6.54 Å². The van der Waals surface area contributed by atoms with E-state index in [1.54, 1.807) is 18.4 Å². The Morgan fingerprint density at radius 2 is 2.12 bits per heavy atom. The molecule has 6 nitrogen and oxygen atoms in total. The Balaban J connectivity index is 1.50. The third kappa shape index (κ3) is 4.04. The molecular formula is C17H22N4O2S. The predicted molar refractivity (Wildman–Crippen MR) is 95.7 cm³/mol. The third-order valence-corrected chi connectivity index (χ3v) is 4.81. The van der Waals surface area contributed by atoms with Gasteiger partial charge in [0.25, 0.3) is 0 Å². The molecule has 1 aromatic heterocycles. The summed E-state index contributed by atoms with van der Waals surface area (Å²) in [7, 11) is 1.64. The summed E-state index contributed by atoms with van der Waals surface area (Å²) < 4.78 is 5.24. The van der Waals surface area contributed by atoms with Gasteiger partial charge >= 0.3 is 6.03 Å². The van der Waals surface area contributed by atoms with Crippen LogP contribution in [0.4, 0.5) is 10.5 Å². The van der Waals surface area contributed by atoms with Gasteiger partial charge in [-0.3, -0.25) is 4.90 Å². The first-order valence-corrected chi connectivity index (χ1v) is 8.90. The quantitative estimate of drug-likeness (QED) is 0.925. The number of anilines is 1. The number of rotatable bonds is 4. The van der Waals surface area contributed by atoms with Crippen LogP contribution in [0.3, 0.4) is 0 Å². The fraction of sp³-hybridized carbons (Fsp3) is 0.412. The highest BCUT2D eigenvalue weighted by Crippen LogP contribution is 2.21. The van der Waals surface area contributed by atoms with Gasteiger partial charge in [-0.2, -0.15) is 0 Å². The summed E-state index contributed by atoms with van der Waals surface area (Å²) in [6, 6.07) is 5.61. The summed E-state index contributed by atoms with van der Waals surface area (Å²) in [6.07, 6.45) is 0. The van der Waals surface area contributed by atoms with E-state index in [0.717, 1.165) is 55.4 Å². The molecule has 1 fully saturated rings. The first kappa shape index (κ1) is 16.7. The molecule has 0 saturated carbocycles. The smallest absolute Gasteiger partial charge is 0.321 e. The predicted octanol–water partition coefficient (Wildman–Crippen LogP) is 2.81. The van der Waals surface area contributed by atoms with Gasteiger partial charge in [0.1, 0.15) is 5.75 Å². The van der Waals surface area contributed by atoms with Crippen LogP contribution in [-0.4, -0.2) is 54.1 Å². The number of hydrogen-bond acceptors (Lipinski definition) is 5. The van der Waals surface area contributed by atoms with Crippen LogP contribution in [0.15, 0.2) is 29.1 Å². The Kier molecular flexibility index (Phi) is 5.32. The minimum atomic E-state index is -0.0483. The van der Waals surface area contributed by atoms with E-state index in [1.807, 2.05) is 35.5 Å². The molecular weight excluding hydrogens is 324 g/mol. The SMILES string of the molecule is COc1ccc(NC(=O)N2CCN(Cc3cscn3)CC2)cc1C. The average molecular weight is 346 g/mol. The number of urea groups is 1. The zero-order chi connectivity index (χ0) is 16.9. The highest BCUT2D eigenvalue weighted by Gasteiger charge is 2.21. The van der Waals surface area contributed by atoms with Crippen molar-refractivity contribution in [2.24, 2.45) is 0 Å². The molecule has 1 N–H and O–H groups in total. The maximum Gasteiger partial charge on any atom is 0.321 e. The molecule has 2 heterocycles. The van der Waals surface area contributed by atoms with E-state index in [9.17, 15) is 4.79 Å². The molecule has 24 heavy (non-hydrogen) atoms. The lowest BCUT2D eigenvalue weighted by molar-refractivity contribution is 0.142. The van der Waals surface area contributed by atoms with Crippen LogP contribution < -0.4 is 10.1 Å². The number of carbonyl (C=O) groups is 1. The van der Waals surface area contributed by atoms with Crippen LogP contribution in [0.2, 0.25) is 0 Å². The van der Waals surface area contributed by atoms with Crippen LogP contribution in [0, 0.1) is 6.92 Å². The Morgan fingerprint density at radius 3 is 2.75 bits per heavy atom. The monoisotopic (exact) mass is 346 g/mol. The summed E-state index contributed by atoms with van der Waals surface area (Å²) in [5.74, 6) is 0.823. The number of hydrogen-bond donors (Lipinski definition) is 1. The van der Waals surface area contributed by atoms with Crippen LogP contribution in [0.1, 0.15) is 11.3 Å². The standard InChI is InChI=1S/C17H22N4O2S/c1-13-9-14(3-4-16(13)23-2)19-17(22)21-7-5-20(6-8-21)10-15-11-24-12-18-15/h3-4,9,11-12H,5-8,10H2,1-2H3,(H,19,22). The largest absolute Gasteiger partial charge is 0.496 e. The number of nitrogens with one attached hydrogen (secondary N) is 1. The second-order valence-corrected chi connectivity index (χ2v) is 6.58. The molecule has 1 aromatic carbocycles. The van der Waals surface area contributed by atoms with Gasteiger partial charge in [0.05, 0.1) is 18.3 Å². The zero-order valence-corrected chi connectivity index (χ0v) is 14.8. The highest BCUT2D eigenvalue weighted by atomic mass is 32.1. The van der Waals surface area contributed by atoms with Crippen molar-refractivity contribution in [3.63, 3.8) is 0 Å². The van der Waals surface area contributed by atoms with Gasteiger partial charge in [-0.1, -0.05) is 0 Å². The lowest BCUT2D eigenvalue weighted by Crippen LogP contribution is -2.49. The lowest BCUT2D eigenvalue weighted by atomic mass is 10.2. The maximum absolute atomic E-state index is 12.4. The van der Waals surface area contributed by atoms with E-state index in [0.29, 0.717) is 0 Å². The number of methoxy groups -OCH3 is 1. The van der Waals surface area contributed by atoms with Crippen molar-refractivity contribution in [2.45, 2.75) is 13.5 Å². The fourth-order valence-electron chi connectivity index (χ4n) is 2.81. The van der Waals surface area contributed by atoms with E-state index < -0.39 is 0 Å². The Bertz CT molecular complexity index is 682. The number of nitrogens with zero attached hydrogens (tertiary/aromatic N) is 3. The molecule has 0 bridgehead atoms. The van der Waals surface area contributed by atoms with E-state index in [4.69, 9.17) is 4.74 Å². The number of carbonyl (C=O) groups excluding carboxylic acids is 1. The van der Waals surface area contributed by atoms with Crippen molar-refractivity contribution in [1.82, 2.24) is 14.8 Å². The molecule has 1 aliphatic rings. The van der Waals surface area contributed by atoms with Gasteiger partial charge in [0, 0.05) is 43.8 Å². The van der Waals surface area contributed by atoms with E-state index in [2.05, 4.69) is 20.6 Å². The Hall–Kier alpha value is -2.12. The van der Waals surface area contributed by atoms with Gasteiger partial charge in [0.2, 0.25) is 0 Å². The number of amides is 2. The second kappa shape index (κ2) is 7.63. The van der Waals surface area contributed by atoms with Crippen molar-refractivity contribution in [2.75, 3.05) is 38.6 Å². The van der Waals surface area contributed by atoms with Gasteiger partial charge < -0.3 is 15.0 Å². The second-order valence-electron chi connectivity index (χ2n) is 5.86. The highest BCUT2D eigenvalue weighted by molar-refractivity contribution is 7.07. The lowest BCUT2D eigenvalue weighted by Gasteiger charge is -2.34. The minimum absolute atomic E-state index is 0.0483. The zero-order valence-electron chi connectivity index (χ0n) is 14.0. The van der Waals surface area contributed by atoms with Crippen LogP contribution >= 0.6 is 11.3 Å². The average Bonchev–Trinajstić information content (AvgIpc) is 3.08. The van der Waals surface area contributed by atoms with E-state index in [-0.39, 0.29) is 6.03 Å². The molecule has 2 aromatic rings. The van der Waals surface area contributed by atoms with E-state index in [1.165, 1.54) is 0 Å². The van der Waals surface area contributed by atoms with Crippen LogP contribution in [0.5, 0.6) is 5.75 Å². The summed E-state index contributed by atoms with van der Waals surface area (Å²) in [5, 5.41) is 5.04. The first-order chi connectivity index (χ1) is 11.7. The third-order valence-electron chi connectivity index (χ3n) is 4.17. The van der Waals surface area contributed by atoms with Crippen molar-refractivity contribution >= 4 is 23.1 Å². The molecule has 0 radical (unpaired) electrons. The topological polar surface area (TPSA) is 57.7 Å². The fourth-order valence-corrected chi connectivity index (χ4v) is 3.36. The molecule has 0 atom stereocenters. The van der Waals surface area contributed by atoms with Crippen LogP contribution in [0.25, 0.3) is 0 Å². The molecule has 0 unspecified atom stereocenters. The van der Waals surface area contributed by atoms with Crippen molar-refractivity contribution in [3.8, 4) is 5.75 Å². The minimum Gasteiger partial charge on any atom is -0.496 e. The molecule has 0 spiro atoms. The molecule has 1 aliphatic heterocycles. The molecule has 128 valence electrons. The number of aryl methyl sites for hydroxylation is 1. The van der Waals surface area contributed by atoms with Gasteiger partial charge in [0.15, 0.2) is 0 Å². The molecule has 2 amide bonds. The number of thiazole rings is 1. The molecule has 0 aliphatic carbocycles. The summed E-state index contributed by atoms with van der Waals surface area (Å²) >= 11 is 1.62. The first-order valence-electron chi connectivity index (χ1n) is 7.95. The summed E-state index contributed by atoms with van der Waals surface area (Å²) in [5.41, 5.74) is 4.76. The number of piperazine rings is 1.